The van der Waals surface area contributed by atoms with E-state index in [9.17, 15) is 4.79 Å². The van der Waals surface area contributed by atoms with Crippen LogP contribution < -0.4 is 5.73 Å². The highest BCUT2D eigenvalue weighted by Gasteiger charge is 2.38. The van der Waals surface area contributed by atoms with Gasteiger partial charge < -0.3 is 10.3 Å². The Kier molecular flexibility index (Phi) is 4.72. The molecule has 2 N–H and O–H groups in total. The predicted octanol–water partition coefficient (Wildman–Crippen LogP) is 5.88. The van der Waals surface area contributed by atoms with Crippen molar-refractivity contribution in [3.05, 3.63) is 46.1 Å². The molecule has 29 heavy (non-hydrogen) atoms. The number of benzene rings is 1. The van der Waals surface area contributed by atoms with Crippen LogP contribution in [0.3, 0.4) is 0 Å². The van der Waals surface area contributed by atoms with Crippen molar-refractivity contribution in [1.82, 2.24) is 4.57 Å². The van der Waals surface area contributed by atoms with Crippen LogP contribution in [0.1, 0.15) is 93.0 Å². The predicted molar refractivity (Wildman–Crippen MR) is 121 cm³/mol. The molecule has 0 bridgehead atoms. The van der Waals surface area contributed by atoms with Gasteiger partial charge in [0.15, 0.2) is 0 Å². The number of hydrogen-bond acceptors (Lipinski definition) is 1. The average Bonchev–Trinajstić information content (AvgIpc) is 3.41. The molecule has 1 aromatic carbocycles. The third kappa shape index (κ3) is 3.43. The van der Waals surface area contributed by atoms with Gasteiger partial charge in [0, 0.05) is 23.5 Å². The van der Waals surface area contributed by atoms with Crippen LogP contribution in [0.2, 0.25) is 0 Å². The topological polar surface area (TPSA) is 48.0 Å². The van der Waals surface area contributed by atoms with E-state index in [1.165, 1.54) is 53.6 Å². The number of hydrogen-bond donors (Lipinski definition) is 1. The Morgan fingerprint density at radius 3 is 2.17 bits per heavy atom. The average molecular weight is 393 g/mol. The third-order valence-electron chi connectivity index (χ3n) is 7.50. The lowest BCUT2D eigenvalue weighted by Crippen LogP contribution is -2.34. The Labute approximate surface area is 175 Å². The highest BCUT2D eigenvalue weighted by Crippen LogP contribution is 2.48. The number of fused-ring (bicyclic) bond motifs is 1. The van der Waals surface area contributed by atoms with Crippen LogP contribution in [0.5, 0.6) is 0 Å². The van der Waals surface area contributed by atoms with Crippen LogP contribution in [0, 0.1) is 12.8 Å². The molecular weight excluding hydrogens is 356 g/mol. The summed E-state index contributed by atoms with van der Waals surface area (Å²) in [6.07, 6.45) is 5.98. The first-order valence-corrected chi connectivity index (χ1v) is 11.2. The van der Waals surface area contributed by atoms with E-state index in [0.29, 0.717) is 5.56 Å². The number of nitrogens with two attached hydrogens (primary N) is 1. The molecule has 2 aliphatic carbocycles. The Morgan fingerprint density at radius 1 is 1.07 bits per heavy atom. The fourth-order valence-electron chi connectivity index (χ4n) is 5.10. The smallest absolute Gasteiger partial charge is 0.250 e. The molecule has 1 amide bonds. The Balaban J connectivity index is 1.96. The van der Waals surface area contributed by atoms with Crippen LogP contribution in [0.25, 0.3) is 11.3 Å². The van der Waals surface area contributed by atoms with Crippen LogP contribution >= 0.6 is 0 Å². The number of primary amides is 1. The molecule has 3 heteroatoms. The quantitative estimate of drug-likeness (QED) is 0.678. The summed E-state index contributed by atoms with van der Waals surface area (Å²) in [6.45, 7) is 14.8. The Hall–Kier alpha value is -2.03. The van der Waals surface area contributed by atoms with Gasteiger partial charge in [0.2, 0.25) is 0 Å². The fourth-order valence-corrected chi connectivity index (χ4v) is 5.10. The van der Waals surface area contributed by atoms with Crippen molar-refractivity contribution < 1.29 is 4.79 Å². The fraction of sp³-hybridized carbons (Fsp3) is 0.577. The molecule has 0 spiro atoms. The molecule has 3 nitrogen and oxygen atoms in total. The van der Waals surface area contributed by atoms with E-state index in [4.69, 9.17) is 5.73 Å². The van der Waals surface area contributed by atoms with E-state index in [2.05, 4.69) is 51.3 Å². The van der Waals surface area contributed by atoms with E-state index in [-0.39, 0.29) is 16.7 Å². The van der Waals surface area contributed by atoms with Gasteiger partial charge in [-0.3, -0.25) is 4.79 Å². The van der Waals surface area contributed by atoms with E-state index >= 15 is 0 Å². The minimum Gasteiger partial charge on any atom is -0.366 e. The number of carbonyl (C=O) groups excluding carboxylic acids is 1. The zero-order chi connectivity index (χ0) is 21.1. The van der Waals surface area contributed by atoms with Gasteiger partial charge in [-0.15, -0.1) is 0 Å². The largest absolute Gasteiger partial charge is 0.366 e. The molecule has 1 aromatic heterocycles. The molecule has 0 radical (unpaired) electrons. The van der Waals surface area contributed by atoms with Crippen molar-refractivity contribution in [3.8, 4) is 11.3 Å². The zero-order valence-corrected chi connectivity index (χ0v) is 19.0. The number of carbonyl (C=O) groups is 1. The van der Waals surface area contributed by atoms with Crippen LogP contribution in [-0.2, 0) is 23.8 Å². The molecule has 156 valence electrons. The van der Waals surface area contributed by atoms with Crippen LogP contribution in [0.15, 0.2) is 18.2 Å². The summed E-state index contributed by atoms with van der Waals surface area (Å²) in [5, 5.41) is 0. The van der Waals surface area contributed by atoms with Gasteiger partial charge in [-0.2, -0.15) is 0 Å². The number of rotatable bonds is 5. The normalized spacial score (nSPS) is 19.8. The third-order valence-corrected chi connectivity index (χ3v) is 7.50. The van der Waals surface area contributed by atoms with Crippen molar-refractivity contribution in [2.45, 2.75) is 91.0 Å². The van der Waals surface area contributed by atoms with E-state index in [0.717, 1.165) is 24.6 Å². The van der Waals surface area contributed by atoms with E-state index in [1.54, 1.807) is 0 Å². The number of nitrogens with zero attached hydrogens (tertiary/aromatic N) is 1. The van der Waals surface area contributed by atoms with Gasteiger partial charge in [0.05, 0.1) is 5.56 Å². The zero-order valence-electron chi connectivity index (χ0n) is 19.0. The lowest BCUT2D eigenvalue weighted by molar-refractivity contribution is 0.0999. The van der Waals surface area contributed by atoms with Crippen molar-refractivity contribution in [1.29, 1.82) is 0 Å². The standard InChI is InChI=1S/C26H36N2O/c1-7-18-12-21-22(26(5,6)11-10-25(21,3)4)13-20(18)23-14-19(24(27)29)16(2)28(23)15-17-8-9-17/h12-14,17H,7-11,15H2,1-6H3,(H2,27,29). The first-order chi connectivity index (χ1) is 13.5. The maximum Gasteiger partial charge on any atom is 0.250 e. The molecule has 1 saturated carbocycles. The second-order valence-corrected chi connectivity index (χ2v) is 10.6. The van der Waals surface area contributed by atoms with Gasteiger partial charge in [-0.05, 0) is 84.6 Å². The minimum atomic E-state index is -0.323. The summed E-state index contributed by atoms with van der Waals surface area (Å²) in [5.41, 5.74) is 14.6. The van der Waals surface area contributed by atoms with Gasteiger partial charge in [0.1, 0.15) is 0 Å². The molecule has 4 rings (SSSR count). The van der Waals surface area contributed by atoms with Gasteiger partial charge in [0.25, 0.3) is 5.91 Å². The van der Waals surface area contributed by atoms with Crippen LogP contribution in [-0.4, -0.2) is 10.5 Å². The van der Waals surface area contributed by atoms with E-state index < -0.39 is 0 Å². The van der Waals surface area contributed by atoms with E-state index in [1.807, 2.05) is 13.0 Å². The first kappa shape index (κ1) is 20.3. The monoisotopic (exact) mass is 392 g/mol. The van der Waals surface area contributed by atoms with Crippen molar-refractivity contribution >= 4 is 5.91 Å². The molecule has 0 atom stereocenters. The minimum absolute atomic E-state index is 0.168. The molecule has 2 aliphatic rings. The van der Waals surface area contributed by atoms with Gasteiger partial charge in [-0.25, -0.2) is 0 Å². The summed E-state index contributed by atoms with van der Waals surface area (Å²) in [4.78, 5) is 12.1. The molecule has 0 aliphatic heterocycles. The molecular formula is C26H36N2O. The highest BCUT2D eigenvalue weighted by molar-refractivity contribution is 5.96. The second-order valence-electron chi connectivity index (χ2n) is 10.6. The second kappa shape index (κ2) is 6.75. The van der Waals surface area contributed by atoms with Crippen molar-refractivity contribution in [2.75, 3.05) is 0 Å². The summed E-state index contributed by atoms with van der Waals surface area (Å²) < 4.78 is 2.36. The van der Waals surface area contributed by atoms with Gasteiger partial charge >= 0.3 is 0 Å². The molecule has 0 saturated heterocycles. The van der Waals surface area contributed by atoms with Crippen LogP contribution in [0.4, 0.5) is 0 Å². The molecule has 2 aromatic rings. The first-order valence-electron chi connectivity index (χ1n) is 11.2. The Morgan fingerprint density at radius 2 is 1.66 bits per heavy atom. The van der Waals surface area contributed by atoms with Gasteiger partial charge in [-0.1, -0.05) is 40.7 Å². The lowest BCUT2D eigenvalue weighted by atomic mass is 9.62. The highest BCUT2D eigenvalue weighted by atomic mass is 16.1. The number of aromatic nitrogens is 1. The SMILES string of the molecule is CCc1cc2c(cc1-c1cc(C(N)=O)c(C)n1CC1CC1)C(C)(C)CCC2(C)C. The summed E-state index contributed by atoms with van der Waals surface area (Å²) >= 11 is 0. The molecule has 1 fully saturated rings. The number of aryl methyl sites for hydroxylation is 1. The summed E-state index contributed by atoms with van der Waals surface area (Å²) in [7, 11) is 0. The summed E-state index contributed by atoms with van der Waals surface area (Å²) in [5.74, 6) is 0.412. The van der Waals surface area contributed by atoms with Crippen molar-refractivity contribution in [3.63, 3.8) is 0 Å². The maximum absolute atomic E-state index is 12.1. The maximum atomic E-state index is 12.1. The number of amides is 1. The lowest BCUT2D eigenvalue weighted by Gasteiger charge is -2.42. The summed E-state index contributed by atoms with van der Waals surface area (Å²) in [6, 6.07) is 6.94. The van der Waals surface area contributed by atoms with Crippen molar-refractivity contribution in [2.24, 2.45) is 11.7 Å². The molecule has 0 unspecified atom stereocenters. The molecule has 1 heterocycles. The Bertz CT molecular complexity index is 973.